The Kier molecular flexibility index (Phi) is 9.09. The standard InChI is InChI=1S/C30H25F4NO5S/c1-19-2-7-28(16-29(19)30(36)37)41(38,39)35(17-21-10-23(31)14-24(32)11-21)9-8-20-3-5-27(6-4-20)40-18-22-12-25(33)15-26(34)13-22/h2-7,10-16H,8-9,17-18H2,1H3,(H,36,37). The topological polar surface area (TPSA) is 83.9 Å². The van der Waals surface area contributed by atoms with Crippen molar-refractivity contribution in [1.82, 2.24) is 4.31 Å². The van der Waals surface area contributed by atoms with Crippen LogP contribution >= 0.6 is 0 Å². The minimum atomic E-state index is -4.28. The molecule has 214 valence electrons. The molecule has 0 saturated heterocycles. The highest BCUT2D eigenvalue weighted by atomic mass is 32.2. The third-order valence-corrected chi connectivity index (χ3v) is 8.10. The maximum absolute atomic E-state index is 13.9. The highest BCUT2D eigenvalue weighted by Gasteiger charge is 2.26. The van der Waals surface area contributed by atoms with E-state index in [-0.39, 0.29) is 42.1 Å². The van der Waals surface area contributed by atoms with Crippen LogP contribution in [-0.4, -0.2) is 30.3 Å². The molecule has 0 saturated carbocycles. The third-order valence-electron chi connectivity index (χ3n) is 6.26. The molecule has 0 aromatic heterocycles. The average molecular weight is 588 g/mol. The number of rotatable bonds is 11. The number of halogens is 4. The first kappa shape index (κ1) is 29.8. The van der Waals surface area contributed by atoms with Gasteiger partial charge in [-0.3, -0.25) is 0 Å². The van der Waals surface area contributed by atoms with E-state index in [4.69, 9.17) is 4.74 Å². The second kappa shape index (κ2) is 12.5. The molecule has 0 unspecified atom stereocenters. The summed E-state index contributed by atoms with van der Waals surface area (Å²) in [7, 11) is -4.28. The van der Waals surface area contributed by atoms with E-state index < -0.39 is 39.3 Å². The van der Waals surface area contributed by atoms with Crippen LogP contribution in [0.15, 0.2) is 83.8 Å². The lowest BCUT2D eigenvalue weighted by atomic mass is 10.1. The Bertz CT molecular complexity index is 1640. The first-order valence-corrected chi connectivity index (χ1v) is 13.8. The van der Waals surface area contributed by atoms with Crippen molar-refractivity contribution in [1.29, 1.82) is 0 Å². The number of ether oxygens (including phenoxy) is 1. The summed E-state index contributed by atoms with van der Waals surface area (Å²) in [5.41, 5.74) is 1.28. The zero-order valence-corrected chi connectivity index (χ0v) is 22.6. The Morgan fingerprint density at radius 3 is 1.90 bits per heavy atom. The Labute approximate surface area is 234 Å². The minimum absolute atomic E-state index is 0.0703. The number of aryl methyl sites for hydroxylation is 1. The SMILES string of the molecule is Cc1ccc(S(=O)(=O)N(CCc2ccc(OCc3cc(F)cc(F)c3)cc2)Cc2cc(F)cc(F)c2)cc1C(=O)O. The zero-order valence-electron chi connectivity index (χ0n) is 21.8. The first-order chi connectivity index (χ1) is 19.4. The van der Waals surface area contributed by atoms with Gasteiger partial charge in [-0.1, -0.05) is 18.2 Å². The highest BCUT2D eigenvalue weighted by molar-refractivity contribution is 7.89. The Morgan fingerprint density at radius 1 is 0.780 bits per heavy atom. The van der Waals surface area contributed by atoms with Crippen molar-refractivity contribution in [3.05, 3.63) is 130 Å². The van der Waals surface area contributed by atoms with Crippen molar-refractivity contribution in [3.8, 4) is 5.75 Å². The number of carbonyl (C=O) groups is 1. The van der Waals surface area contributed by atoms with E-state index in [0.717, 1.165) is 40.7 Å². The van der Waals surface area contributed by atoms with Gasteiger partial charge in [0.25, 0.3) is 0 Å². The second-order valence-electron chi connectivity index (χ2n) is 9.36. The van der Waals surface area contributed by atoms with Crippen molar-refractivity contribution < 1.29 is 40.6 Å². The smallest absolute Gasteiger partial charge is 0.335 e. The molecule has 0 aliphatic heterocycles. The average Bonchev–Trinajstić information content (AvgIpc) is 2.89. The normalized spacial score (nSPS) is 11.6. The number of hydrogen-bond acceptors (Lipinski definition) is 4. The molecular weight excluding hydrogens is 562 g/mol. The maximum atomic E-state index is 13.9. The van der Waals surface area contributed by atoms with Gasteiger partial charge in [0.15, 0.2) is 0 Å². The van der Waals surface area contributed by atoms with E-state index in [9.17, 15) is 35.9 Å². The molecule has 6 nitrogen and oxygen atoms in total. The Balaban J connectivity index is 1.53. The summed E-state index contributed by atoms with van der Waals surface area (Å²) in [6.07, 6.45) is 0.198. The predicted octanol–water partition coefficient (Wildman–Crippen LogP) is 6.26. The summed E-state index contributed by atoms with van der Waals surface area (Å²) in [4.78, 5) is 11.3. The van der Waals surface area contributed by atoms with Gasteiger partial charge in [0.05, 0.1) is 10.5 Å². The monoisotopic (exact) mass is 587 g/mol. The number of carboxylic acid groups (broad SMARTS) is 1. The van der Waals surface area contributed by atoms with Crippen molar-refractivity contribution in [2.45, 2.75) is 31.4 Å². The molecule has 1 N–H and O–H groups in total. The van der Waals surface area contributed by atoms with Crippen LogP contribution < -0.4 is 4.74 Å². The fraction of sp³-hybridized carbons (Fsp3) is 0.167. The van der Waals surface area contributed by atoms with Crippen LogP contribution in [0.2, 0.25) is 0 Å². The van der Waals surface area contributed by atoms with E-state index in [2.05, 4.69) is 0 Å². The van der Waals surface area contributed by atoms with E-state index >= 15 is 0 Å². The van der Waals surface area contributed by atoms with Gasteiger partial charge in [-0.15, -0.1) is 0 Å². The Morgan fingerprint density at radius 2 is 1.34 bits per heavy atom. The third kappa shape index (κ3) is 7.71. The first-order valence-electron chi connectivity index (χ1n) is 12.4. The second-order valence-corrected chi connectivity index (χ2v) is 11.3. The summed E-state index contributed by atoms with van der Waals surface area (Å²) in [5.74, 6) is -4.04. The van der Waals surface area contributed by atoms with Crippen LogP contribution in [0.25, 0.3) is 0 Å². The molecule has 0 heterocycles. The molecule has 4 aromatic carbocycles. The fourth-order valence-electron chi connectivity index (χ4n) is 4.20. The minimum Gasteiger partial charge on any atom is -0.489 e. The quantitative estimate of drug-likeness (QED) is 0.210. The summed E-state index contributed by atoms with van der Waals surface area (Å²) >= 11 is 0. The summed E-state index contributed by atoms with van der Waals surface area (Å²) in [6, 6.07) is 16.1. The molecule has 41 heavy (non-hydrogen) atoms. The van der Waals surface area contributed by atoms with Gasteiger partial charge in [-0.2, -0.15) is 4.31 Å². The lowest BCUT2D eigenvalue weighted by Gasteiger charge is -2.23. The predicted molar refractivity (Wildman–Crippen MR) is 143 cm³/mol. The summed E-state index contributed by atoms with van der Waals surface area (Å²) in [6.45, 7) is 1.01. The van der Waals surface area contributed by atoms with Gasteiger partial charge in [0.2, 0.25) is 10.0 Å². The molecule has 0 bridgehead atoms. The molecular formula is C30H25F4NO5S. The summed E-state index contributed by atoms with van der Waals surface area (Å²) < 4.78 is 88.3. The number of aromatic carboxylic acids is 1. The number of sulfonamides is 1. The molecule has 0 amide bonds. The van der Waals surface area contributed by atoms with Gasteiger partial charge in [-0.25, -0.2) is 30.8 Å². The molecule has 11 heteroatoms. The largest absolute Gasteiger partial charge is 0.489 e. The van der Waals surface area contributed by atoms with Gasteiger partial charge in [-0.05, 0) is 84.1 Å². The number of nitrogens with zero attached hydrogens (tertiary/aromatic N) is 1. The van der Waals surface area contributed by atoms with E-state index in [1.54, 1.807) is 24.3 Å². The van der Waals surface area contributed by atoms with Crippen molar-refractivity contribution >= 4 is 16.0 Å². The van der Waals surface area contributed by atoms with Crippen molar-refractivity contribution in [3.63, 3.8) is 0 Å². The molecule has 0 fully saturated rings. The number of carboxylic acids is 1. The van der Waals surface area contributed by atoms with Crippen LogP contribution in [0.1, 0.15) is 32.6 Å². The highest BCUT2D eigenvalue weighted by Crippen LogP contribution is 2.24. The van der Waals surface area contributed by atoms with Crippen molar-refractivity contribution in [2.24, 2.45) is 0 Å². The molecule has 4 aromatic rings. The van der Waals surface area contributed by atoms with Gasteiger partial charge < -0.3 is 9.84 Å². The van der Waals surface area contributed by atoms with Gasteiger partial charge >= 0.3 is 5.97 Å². The maximum Gasteiger partial charge on any atom is 0.335 e. The van der Waals surface area contributed by atoms with Crippen LogP contribution in [0, 0.1) is 30.2 Å². The van der Waals surface area contributed by atoms with E-state index in [1.165, 1.54) is 19.1 Å². The summed E-state index contributed by atoms with van der Waals surface area (Å²) in [5, 5.41) is 9.46. The number of benzene rings is 4. The van der Waals surface area contributed by atoms with Crippen LogP contribution in [0.3, 0.4) is 0 Å². The van der Waals surface area contributed by atoms with E-state index in [1.807, 2.05) is 0 Å². The lowest BCUT2D eigenvalue weighted by Crippen LogP contribution is -2.33. The van der Waals surface area contributed by atoms with Crippen molar-refractivity contribution in [2.75, 3.05) is 6.54 Å². The molecule has 4 rings (SSSR count). The van der Waals surface area contributed by atoms with Crippen LogP contribution in [-0.2, 0) is 29.6 Å². The zero-order chi connectivity index (χ0) is 29.7. The van der Waals surface area contributed by atoms with E-state index in [0.29, 0.717) is 28.5 Å². The molecule has 0 spiro atoms. The van der Waals surface area contributed by atoms with Gasteiger partial charge in [0.1, 0.15) is 35.6 Å². The van der Waals surface area contributed by atoms with Crippen LogP contribution in [0.5, 0.6) is 5.75 Å². The molecule has 0 radical (unpaired) electrons. The Hall–Kier alpha value is -4.22. The van der Waals surface area contributed by atoms with Crippen LogP contribution in [0.4, 0.5) is 17.6 Å². The lowest BCUT2D eigenvalue weighted by molar-refractivity contribution is 0.0695. The van der Waals surface area contributed by atoms with Gasteiger partial charge in [0, 0.05) is 25.2 Å². The number of hydrogen-bond donors (Lipinski definition) is 1. The molecule has 0 aliphatic rings. The fourth-order valence-corrected chi connectivity index (χ4v) is 5.65. The molecule has 0 atom stereocenters. The molecule has 0 aliphatic carbocycles.